The van der Waals surface area contributed by atoms with Crippen LogP contribution in [0.2, 0.25) is 0 Å². The molecule has 0 unspecified atom stereocenters. The summed E-state index contributed by atoms with van der Waals surface area (Å²) in [6.07, 6.45) is 8.07. The van der Waals surface area contributed by atoms with Gasteiger partial charge in [-0.15, -0.1) is 0 Å². The number of fused-ring (bicyclic) bond motifs is 1. The maximum absolute atomic E-state index is 4.58. The van der Waals surface area contributed by atoms with Gasteiger partial charge in [0, 0.05) is 25.2 Å². The predicted molar refractivity (Wildman–Crippen MR) is 97.7 cm³/mol. The minimum absolute atomic E-state index is 0.608. The van der Waals surface area contributed by atoms with E-state index in [2.05, 4.69) is 32.2 Å². The zero-order valence-electron chi connectivity index (χ0n) is 13.8. The van der Waals surface area contributed by atoms with E-state index in [0.717, 1.165) is 29.8 Å². The SMILES string of the molecule is C/C=N\C=C(/C)CCNc1nccc(-n2cnc3ccccc32)n1. The van der Waals surface area contributed by atoms with Gasteiger partial charge in [0.15, 0.2) is 0 Å². The molecule has 1 aromatic carbocycles. The summed E-state index contributed by atoms with van der Waals surface area (Å²) in [7, 11) is 0. The number of aliphatic imine (C=N–C) groups is 1. The number of benzene rings is 1. The van der Waals surface area contributed by atoms with Gasteiger partial charge < -0.3 is 5.32 Å². The average molecular weight is 320 g/mol. The van der Waals surface area contributed by atoms with Crippen LogP contribution in [0.15, 0.2) is 59.6 Å². The van der Waals surface area contributed by atoms with Crippen molar-refractivity contribution in [2.24, 2.45) is 4.99 Å². The Morgan fingerprint density at radius 2 is 2.12 bits per heavy atom. The van der Waals surface area contributed by atoms with Crippen LogP contribution in [0.4, 0.5) is 5.95 Å². The molecule has 0 atom stereocenters. The van der Waals surface area contributed by atoms with Crippen molar-refractivity contribution in [3.63, 3.8) is 0 Å². The van der Waals surface area contributed by atoms with E-state index >= 15 is 0 Å². The van der Waals surface area contributed by atoms with Crippen molar-refractivity contribution in [1.82, 2.24) is 19.5 Å². The summed E-state index contributed by atoms with van der Waals surface area (Å²) in [5.74, 6) is 1.40. The lowest BCUT2D eigenvalue weighted by molar-refractivity contribution is 0.942. The first-order valence-corrected chi connectivity index (χ1v) is 7.91. The average Bonchev–Trinajstić information content (AvgIpc) is 3.04. The molecule has 0 aliphatic heterocycles. The highest BCUT2D eigenvalue weighted by atomic mass is 15.2. The van der Waals surface area contributed by atoms with Crippen LogP contribution in [0.3, 0.4) is 0 Å². The summed E-state index contributed by atoms with van der Waals surface area (Å²) in [4.78, 5) is 17.4. The molecule has 0 amide bonds. The van der Waals surface area contributed by atoms with Gasteiger partial charge in [0.25, 0.3) is 0 Å². The van der Waals surface area contributed by atoms with Crippen LogP contribution in [0.25, 0.3) is 16.9 Å². The lowest BCUT2D eigenvalue weighted by atomic mass is 10.2. The van der Waals surface area contributed by atoms with Gasteiger partial charge in [0.2, 0.25) is 5.95 Å². The maximum Gasteiger partial charge on any atom is 0.224 e. The number of aromatic nitrogens is 4. The van der Waals surface area contributed by atoms with Gasteiger partial charge in [-0.05, 0) is 38.5 Å². The highest BCUT2D eigenvalue weighted by molar-refractivity contribution is 5.76. The molecule has 6 heteroatoms. The third-order valence-electron chi connectivity index (χ3n) is 3.59. The van der Waals surface area contributed by atoms with Crippen molar-refractivity contribution in [3.8, 4) is 5.82 Å². The second-order valence-corrected chi connectivity index (χ2v) is 5.40. The maximum atomic E-state index is 4.58. The summed E-state index contributed by atoms with van der Waals surface area (Å²) in [5.41, 5.74) is 3.18. The Kier molecular flexibility index (Phi) is 4.96. The second kappa shape index (κ2) is 7.50. The van der Waals surface area contributed by atoms with Crippen LogP contribution in [0, 0.1) is 0 Å². The van der Waals surface area contributed by atoms with Crippen molar-refractivity contribution in [2.45, 2.75) is 20.3 Å². The van der Waals surface area contributed by atoms with E-state index in [0.29, 0.717) is 5.95 Å². The van der Waals surface area contributed by atoms with Gasteiger partial charge in [-0.2, -0.15) is 4.98 Å². The monoisotopic (exact) mass is 320 g/mol. The summed E-state index contributed by atoms with van der Waals surface area (Å²) in [5, 5.41) is 3.25. The highest BCUT2D eigenvalue weighted by Crippen LogP contribution is 2.16. The molecule has 3 aromatic rings. The highest BCUT2D eigenvalue weighted by Gasteiger charge is 2.06. The van der Waals surface area contributed by atoms with Gasteiger partial charge in [-0.25, -0.2) is 9.97 Å². The Morgan fingerprint density at radius 3 is 3.00 bits per heavy atom. The van der Waals surface area contributed by atoms with E-state index < -0.39 is 0 Å². The van der Waals surface area contributed by atoms with Crippen molar-refractivity contribution < 1.29 is 0 Å². The number of hydrogen-bond donors (Lipinski definition) is 1. The van der Waals surface area contributed by atoms with Gasteiger partial charge in [0.05, 0.1) is 11.0 Å². The topological polar surface area (TPSA) is 68.0 Å². The lowest BCUT2D eigenvalue weighted by Gasteiger charge is -2.07. The van der Waals surface area contributed by atoms with Gasteiger partial charge in [0.1, 0.15) is 12.1 Å². The molecule has 122 valence electrons. The molecule has 0 fully saturated rings. The summed E-state index contributed by atoms with van der Waals surface area (Å²) < 4.78 is 1.96. The standard InChI is InChI=1S/C18H20N6/c1-3-19-12-14(2)8-10-20-18-21-11-9-17(23-18)24-13-22-15-6-4-5-7-16(15)24/h3-7,9,11-13H,8,10H2,1-2H3,(H,20,21,23)/b14-12+,19-3-. The molecule has 2 heterocycles. The fraction of sp³-hybridized carbons (Fsp3) is 0.222. The normalized spacial score (nSPS) is 12.2. The number of para-hydroxylation sites is 2. The lowest BCUT2D eigenvalue weighted by Crippen LogP contribution is -2.07. The molecule has 0 aliphatic carbocycles. The van der Waals surface area contributed by atoms with Crippen LogP contribution in [-0.2, 0) is 0 Å². The molecule has 0 radical (unpaired) electrons. The first-order chi connectivity index (χ1) is 11.8. The fourth-order valence-corrected chi connectivity index (χ4v) is 2.35. The zero-order chi connectivity index (χ0) is 16.8. The number of anilines is 1. The zero-order valence-corrected chi connectivity index (χ0v) is 13.8. The van der Waals surface area contributed by atoms with Gasteiger partial charge in [-0.1, -0.05) is 17.7 Å². The number of rotatable bonds is 6. The quantitative estimate of drug-likeness (QED) is 0.704. The molecule has 0 saturated heterocycles. The van der Waals surface area contributed by atoms with Crippen molar-refractivity contribution in [3.05, 3.63) is 54.6 Å². The number of nitrogens with zero attached hydrogens (tertiary/aromatic N) is 5. The fourth-order valence-electron chi connectivity index (χ4n) is 2.35. The van der Waals surface area contributed by atoms with E-state index in [1.165, 1.54) is 5.57 Å². The molecule has 24 heavy (non-hydrogen) atoms. The minimum Gasteiger partial charge on any atom is -0.354 e. The van der Waals surface area contributed by atoms with E-state index in [1.54, 1.807) is 18.7 Å². The Morgan fingerprint density at radius 1 is 1.25 bits per heavy atom. The van der Waals surface area contributed by atoms with Gasteiger partial charge >= 0.3 is 0 Å². The van der Waals surface area contributed by atoms with Crippen molar-refractivity contribution in [1.29, 1.82) is 0 Å². The Labute approximate surface area is 141 Å². The number of imidazole rings is 1. The van der Waals surface area contributed by atoms with E-state index in [4.69, 9.17) is 0 Å². The molecule has 0 aliphatic rings. The van der Waals surface area contributed by atoms with Crippen LogP contribution >= 0.6 is 0 Å². The molecule has 0 spiro atoms. The molecule has 0 saturated carbocycles. The molecule has 2 aromatic heterocycles. The van der Waals surface area contributed by atoms with Crippen LogP contribution in [0.1, 0.15) is 20.3 Å². The van der Waals surface area contributed by atoms with Crippen LogP contribution in [0.5, 0.6) is 0 Å². The Balaban J connectivity index is 1.73. The number of hydrogen-bond acceptors (Lipinski definition) is 5. The van der Waals surface area contributed by atoms with Gasteiger partial charge in [-0.3, -0.25) is 9.56 Å². The third-order valence-corrected chi connectivity index (χ3v) is 3.59. The van der Waals surface area contributed by atoms with Crippen molar-refractivity contribution in [2.75, 3.05) is 11.9 Å². The van der Waals surface area contributed by atoms with E-state index in [-0.39, 0.29) is 0 Å². The smallest absolute Gasteiger partial charge is 0.224 e. The summed E-state index contributed by atoms with van der Waals surface area (Å²) in [6.45, 7) is 4.72. The van der Waals surface area contributed by atoms with E-state index in [1.807, 2.05) is 48.0 Å². The first kappa shape index (κ1) is 15.9. The van der Waals surface area contributed by atoms with E-state index in [9.17, 15) is 0 Å². The molecule has 1 N–H and O–H groups in total. The Hall–Kier alpha value is -3.02. The molecule has 6 nitrogen and oxygen atoms in total. The van der Waals surface area contributed by atoms with Crippen LogP contribution in [-0.4, -0.2) is 32.3 Å². The molecule has 0 bridgehead atoms. The summed E-state index contributed by atoms with van der Waals surface area (Å²) in [6, 6.07) is 9.86. The predicted octanol–water partition coefficient (Wildman–Crippen LogP) is 3.61. The molecular formula is C18H20N6. The minimum atomic E-state index is 0.608. The van der Waals surface area contributed by atoms with Crippen LogP contribution < -0.4 is 5.32 Å². The Bertz CT molecular complexity index is 878. The van der Waals surface area contributed by atoms with Crippen molar-refractivity contribution >= 4 is 23.2 Å². The molecule has 3 rings (SSSR count). The second-order valence-electron chi connectivity index (χ2n) is 5.40. The third kappa shape index (κ3) is 3.65. The molecular weight excluding hydrogens is 300 g/mol. The first-order valence-electron chi connectivity index (χ1n) is 7.91. The largest absolute Gasteiger partial charge is 0.354 e. The number of nitrogens with one attached hydrogen (secondary N) is 1. The summed E-state index contributed by atoms with van der Waals surface area (Å²) >= 11 is 0.